The lowest BCUT2D eigenvalue weighted by molar-refractivity contribution is -0.169. The highest BCUT2D eigenvalue weighted by Crippen LogP contribution is 2.49. The van der Waals surface area contributed by atoms with Crippen LogP contribution in [0, 0.1) is 34.0 Å². The lowest BCUT2D eigenvalue weighted by atomic mass is 9.69. The van der Waals surface area contributed by atoms with Crippen LogP contribution in [0.15, 0.2) is 23.3 Å². The van der Waals surface area contributed by atoms with Gasteiger partial charge in [0, 0.05) is 19.3 Å². The van der Waals surface area contributed by atoms with Crippen molar-refractivity contribution in [3.63, 3.8) is 0 Å². The number of fused-ring (bicyclic) bond motifs is 1. The molecule has 0 saturated carbocycles. The molecular formula is C16H18N2O2. The molecule has 0 bridgehead atoms. The zero-order valence-corrected chi connectivity index (χ0v) is 11.7. The number of hydrogen-bond donors (Lipinski definition) is 0. The molecule has 0 amide bonds. The Bertz CT molecular complexity index is 542. The molecule has 1 spiro atoms. The molecule has 2 aliphatic carbocycles. The maximum Gasteiger partial charge on any atom is 0.172 e. The lowest BCUT2D eigenvalue weighted by Crippen LogP contribution is -2.38. The number of allylic oxidation sites excluding steroid dienone is 3. The second-order valence-corrected chi connectivity index (χ2v) is 5.96. The van der Waals surface area contributed by atoms with Gasteiger partial charge in [-0.3, -0.25) is 0 Å². The molecule has 1 heterocycles. The van der Waals surface area contributed by atoms with Crippen LogP contribution in [0.25, 0.3) is 0 Å². The van der Waals surface area contributed by atoms with Crippen molar-refractivity contribution in [2.24, 2.45) is 11.3 Å². The fourth-order valence-electron chi connectivity index (χ4n) is 3.60. The Morgan fingerprint density at radius 3 is 2.50 bits per heavy atom. The Morgan fingerprint density at radius 1 is 1.15 bits per heavy atom. The quantitative estimate of drug-likeness (QED) is 0.635. The number of nitrogens with zero attached hydrogens (tertiary/aromatic N) is 2. The smallest absolute Gasteiger partial charge is 0.172 e. The van der Waals surface area contributed by atoms with Crippen molar-refractivity contribution in [1.29, 1.82) is 10.5 Å². The number of nitriles is 2. The first-order chi connectivity index (χ1) is 9.63. The summed E-state index contributed by atoms with van der Waals surface area (Å²) in [5, 5.41) is 19.1. The van der Waals surface area contributed by atoms with Crippen molar-refractivity contribution in [3.05, 3.63) is 23.3 Å². The zero-order chi connectivity index (χ0) is 14.2. The molecule has 4 heteroatoms. The molecule has 4 nitrogen and oxygen atoms in total. The predicted molar refractivity (Wildman–Crippen MR) is 72.1 cm³/mol. The van der Waals surface area contributed by atoms with E-state index in [1.54, 1.807) is 0 Å². The fraction of sp³-hybridized carbons (Fsp3) is 0.625. The molecule has 1 aliphatic heterocycles. The van der Waals surface area contributed by atoms with Crippen LogP contribution in [0.4, 0.5) is 0 Å². The Morgan fingerprint density at radius 2 is 1.85 bits per heavy atom. The fourth-order valence-corrected chi connectivity index (χ4v) is 3.60. The molecule has 3 rings (SSSR count). The molecule has 1 unspecified atom stereocenters. The zero-order valence-electron chi connectivity index (χ0n) is 11.7. The Hall–Kier alpha value is -1.62. The van der Waals surface area contributed by atoms with Gasteiger partial charge in [-0.05, 0) is 24.8 Å². The Balaban J connectivity index is 2.01. The maximum atomic E-state index is 9.54. The van der Waals surface area contributed by atoms with Gasteiger partial charge in [-0.25, -0.2) is 0 Å². The maximum absolute atomic E-state index is 9.54. The van der Waals surface area contributed by atoms with E-state index >= 15 is 0 Å². The number of rotatable bonds is 0. The van der Waals surface area contributed by atoms with E-state index in [4.69, 9.17) is 9.47 Å². The molecule has 0 aromatic carbocycles. The summed E-state index contributed by atoms with van der Waals surface area (Å²) >= 11 is 0. The van der Waals surface area contributed by atoms with E-state index in [-0.39, 0.29) is 5.92 Å². The van der Waals surface area contributed by atoms with E-state index in [0.717, 1.165) is 18.4 Å². The Kier molecular flexibility index (Phi) is 3.17. The highest BCUT2D eigenvalue weighted by molar-refractivity contribution is 5.40. The third kappa shape index (κ3) is 1.97. The molecular weight excluding hydrogens is 252 g/mol. The SMILES string of the molecule is CC1=CCC(C#N)(C#N)C2=CCC3(CC2C1)OCCO3. The third-order valence-corrected chi connectivity index (χ3v) is 4.64. The number of ether oxygens (including phenoxy) is 2. The second kappa shape index (κ2) is 4.74. The molecule has 3 aliphatic rings. The van der Waals surface area contributed by atoms with Crippen LogP contribution in [-0.4, -0.2) is 19.0 Å². The van der Waals surface area contributed by atoms with Gasteiger partial charge < -0.3 is 9.47 Å². The molecule has 104 valence electrons. The normalized spacial score (nSPS) is 30.4. The van der Waals surface area contributed by atoms with Gasteiger partial charge >= 0.3 is 0 Å². The molecule has 0 N–H and O–H groups in total. The van der Waals surface area contributed by atoms with Gasteiger partial charge in [0.25, 0.3) is 0 Å². The number of hydrogen-bond acceptors (Lipinski definition) is 4. The minimum Gasteiger partial charge on any atom is -0.347 e. The lowest BCUT2D eigenvalue weighted by Gasteiger charge is -2.38. The monoisotopic (exact) mass is 270 g/mol. The van der Waals surface area contributed by atoms with E-state index in [2.05, 4.69) is 19.1 Å². The Labute approximate surface area is 119 Å². The summed E-state index contributed by atoms with van der Waals surface area (Å²) in [5.74, 6) is -0.352. The summed E-state index contributed by atoms with van der Waals surface area (Å²) in [6, 6.07) is 4.50. The second-order valence-electron chi connectivity index (χ2n) is 5.96. The third-order valence-electron chi connectivity index (χ3n) is 4.64. The van der Waals surface area contributed by atoms with Crippen LogP contribution in [0.3, 0.4) is 0 Å². The van der Waals surface area contributed by atoms with Gasteiger partial charge in [-0.2, -0.15) is 10.5 Å². The van der Waals surface area contributed by atoms with E-state index in [9.17, 15) is 10.5 Å². The van der Waals surface area contributed by atoms with E-state index < -0.39 is 11.2 Å². The van der Waals surface area contributed by atoms with Gasteiger partial charge in [-0.15, -0.1) is 0 Å². The summed E-state index contributed by atoms with van der Waals surface area (Å²) in [4.78, 5) is 0. The van der Waals surface area contributed by atoms with Crippen LogP contribution in [0.1, 0.15) is 32.6 Å². The molecule has 0 radical (unpaired) electrons. The highest BCUT2D eigenvalue weighted by atomic mass is 16.7. The predicted octanol–water partition coefficient (Wildman–Crippen LogP) is 2.84. The first-order valence-electron chi connectivity index (χ1n) is 7.10. The van der Waals surface area contributed by atoms with Crippen molar-refractivity contribution in [2.45, 2.75) is 38.4 Å². The molecule has 20 heavy (non-hydrogen) atoms. The molecule has 1 atom stereocenters. The average molecular weight is 270 g/mol. The van der Waals surface area contributed by atoms with Gasteiger partial charge in [0.1, 0.15) is 0 Å². The van der Waals surface area contributed by atoms with Gasteiger partial charge in [0.2, 0.25) is 0 Å². The van der Waals surface area contributed by atoms with Gasteiger partial charge in [0.05, 0.1) is 25.4 Å². The van der Waals surface area contributed by atoms with E-state index in [0.29, 0.717) is 26.1 Å². The summed E-state index contributed by atoms with van der Waals surface area (Å²) in [6.07, 6.45) is 6.82. The van der Waals surface area contributed by atoms with Crippen LogP contribution >= 0.6 is 0 Å². The van der Waals surface area contributed by atoms with Crippen LogP contribution in [0.2, 0.25) is 0 Å². The topological polar surface area (TPSA) is 66.0 Å². The van der Waals surface area contributed by atoms with Crippen molar-refractivity contribution in [3.8, 4) is 12.1 Å². The van der Waals surface area contributed by atoms with Crippen molar-refractivity contribution >= 4 is 0 Å². The van der Waals surface area contributed by atoms with E-state index in [1.165, 1.54) is 5.57 Å². The summed E-state index contributed by atoms with van der Waals surface area (Å²) < 4.78 is 11.6. The first-order valence-corrected chi connectivity index (χ1v) is 7.10. The van der Waals surface area contributed by atoms with Crippen molar-refractivity contribution < 1.29 is 9.47 Å². The van der Waals surface area contributed by atoms with Crippen LogP contribution < -0.4 is 0 Å². The molecule has 1 fully saturated rings. The largest absolute Gasteiger partial charge is 0.347 e. The van der Waals surface area contributed by atoms with Gasteiger partial charge in [0.15, 0.2) is 11.2 Å². The van der Waals surface area contributed by atoms with Crippen molar-refractivity contribution in [2.75, 3.05) is 13.2 Å². The minimum absolute atomic E-state index is 0.167. The summed E-state index contributed by atoms with van der Waals surface area (Å²) in [5.41, 5.74) is 1.20. The molecule has 1 saturated heterocycles. The highest BCUT2D eigenvalue weighted by Gasteiger charge is 2.48. The molecule has 0 aromatic heterocycles. The van der Waals surface area contributed by atoms with E-state index in [1.807, 2.05) is 12.2 Å². The minimum atomic E-state index is -1.01. The van der Waals surface area contributed by atoms with Crippen LogP contribution in [0.5, 0.6) is 0 Å². The van der Waals surface area contributed by atoms with Crippen molar-refractivity contribution in [1.82, 2.24) is 0 Å². The standard InChI is InChI=1S/C16H18N2O2/c1-12-2-4-15(10-17,11-18)14-3-5-16(9-13(14)8-12)19-6-7-20-16/h2-3,13H,4-9H2,1H3. The summed E-state index contributed by atoms with van der Waals surface area (Å²) in [7, 11) is 0. The first kappa shape index (κ1) is 13.4. The van der Waals surface area contributed by atoms with Crippen LogP contribution in [-0.2, 0) is 9.47 Å². The average Bonchev–Trinajstić information content (AvgIpc) is 2.84. The summed E-state index contributed by atoms with van der Waals surface area (Å²) in [6.45, 7) is 3.33. The molecule has 0 aromatic rings. The van der Waals surface area contributed by atoms with Gasteiger partial charge in [-0.1, -0.05) is 17.7 Å².